The van der Waals surface area contributed by atoms with Crippen molar-refractivity contribution in [3.8, 4) is 17.6 Å². The van der Waals surface area contributed by atoms with Gasteiger partial charge in [0.15, 0.2) is 17.6 Å². The van der Waals surface area contributed by atoms with Crippen molar-refractivity contribution in [2.24, 2.45) is 0 Å². The Morgan fingerprint density at radius 2 is 2.04 bits per heavy atom. The first-order valence-electron chi connectivity index (χ1n) is 7.44. The van der Waals surface area contributed by atoms with E-state index in [2.05, 4.69) is 5.32 Å². The molecular formula is C18H17FN2O3. The van der Waals surface area contributed by atoms with Crippen molar-refractivity contribution in [3.05, 3.63) is 53.8 Å². The van der Waals surface area contributed by atoms with Gasteiger partial charge in [0, 0.05) is 6.07 Å². The van der Waals surface area contributed by atoms with Gasteiger partial charge in [-0.05, 0) is 38.1 Å². The number of carbonyl (C=O) groups is 1. The molecule has 0 aromatic heterocycles. The Morgan fingerprint density at radius 3 is 2.71 bits per heavy atom. The molecule has 0 aliphatic carbocycles. The number of benzene rings is 2. The third kappa shape index (κ3) is 4.23. The zero-order valence-corrected chi connectivity index (χ0v) is 13.4. The highest BCUT2D eigenvalue weighted by Crippen LogP contribution is 2.29. The molecule has 0 fully saturated rings. The lowest BCUT2D eigenvalue weighted by Crippen LogP contribution is -2.30. The molecule has 0 radical (unpaired) electrons. The summed E-state index contributed by atoms with van der Waals surface area (Å²) in [4.78, 5) is 12.2. The Balaban J connectivity index is 2.11. The summed E-state index contributed by atoms with van der Waals surface area (Å²) in [6.45, 7) is 3.74. The Hall–Kier alpha value is -3.07. The van der Waals surface area contributed by atoms with Gasteiger partial charge in [0.25, 0.3) is 5.91 Å². The highest BCUT2D eigenvalue weighted by molar-refractivity contribution is 5.94. The van der Waals surface area contributed by atoms with Crippen molar-refractivity contribution in [2.45, 2.75) is 20.0 Å². The van der Waals surface area contributed by atoms with E-state index in [4.69, 9.17) is 14.7 Å². The highest BCUT2D eigenvalue weighted by Gasteiger charge is 2.18. The van der Waals surface area contributed by atoms with Gasteiger partial charge in [-0.1, -0.05) is 12.1 Å². The van der Waals surface area contributed by atoms with Crippen LogP contribution in [0.3, 0.4) is 0 Å². The molecule has 124 valence electrons. The van der Waals surface area contributed by atoms with Gasteiger partial charge in [-0.25, -0.2) is 4.39 Å². The number of para-hydroxylation sites is 1. The number of hydrogen-bond donors (Lipinski definition) is 1. The van der Waals surface area contributed by atoms with Gasteiger partial charge in [0.2, 0.25) is 0 Å². The minimum atomic E-state index is -0.878. The maximum absolute atomic E-state index is 13.6. The summed E-state index contributed by atoms with van der Waals surface area (Å²) in [6.07, 6.45) is -0.878. The lowest BCUT2D eigenvalue weighted by molar-refractivity contribution is -0.122. The van der Waals surface area contributed by atoms with E-state index in [0.29, 0.717) is 23.7 Å². The molecule has 24 heavy (non-hydrogen) atoms. The largest absolute Gasteiger partial charge is 0.490 e. The second-order valence-corrected chi connectivity index (χ2v) is 4.94. The van der Waals surface area contributed by atoms with Gasteiger partial charge < -0.3 is 14.8 Å². The molecule has 2 aromatic carbocycles. The number of ether oxygens (including phenoxy) is 2. The molecule has 1 N–H and O–H groups in total. The van der Waals surface area contributed by atoms with E-state index < -0.39 is 17.8 Å². The van der Waals surface area contributed by atoms with Crippen LogP contribution in [0.25, 0.3) is 0 Å². The first-order chi connectivity index (χ1) is 11.5. The topological polar surface area (TPSA) is 71.3 Å². The van der Waals surface area contributed by atoms with Gasteiger partial charge in [-0.2, -0.15) is 5.26 Å². The Labute approximate surface area is 139 Å². The SMILES string of the molecule is CCOc1cc(C#N)ccc1O[C@@H](C)C(=O)Nc1ccccc1F. The first-order valence-corrected chi connectivity index (χ1v) is 7.44. The number of nitrogens with one attached hydrogen (secondary N) is 1. The lowest BCUT2D eigenvalue weighted by Gasteiger charge is -2.17. The fraction of sp³-hybridized carbons (Fsp3) is 0.222. The summed E-state index contributed by atoms with van der Waals surface area (Å²) in [6, 6.07) is 12.6. The summed E-state index contributed by atoms with van der Waals surface area (Å²) in [5.74, 6) is -0.299. The van der Waals surface area contributed by atoms with Crippen LogP contribution in [0.2, 0.25) is 0 Å². The highest BCUT2D eigenvalue weighted by atomic mass is 19.1. The summed E-state index contributed by atoms with van der Waals surface area (Å²) in [5, 5.41) is 11.4. The molecule has 0 unspecified atom stereocenters. The zero-order valence-electron chi connectivity index (χ0n) is 13.4. The number of nitriles is 1. The van der Waals surface area contributed by atoms with Gasteiger partial charge in [-0.3, -0.25) is 4.79 Å². The molecule has 2 aromatic rings. The molecule has 0 spiro atoms. The van der Waals surface area contributed by atoms with Crippen LogP contribution in [-0.2, 0) is 4.79 Å². The number of rotatable bonds is 6. The zero-order chi connectivity index (χ0) is 17.5. The summed E-state index contributed by atoms with van der Waals surface area (Å²) < 4.78 is 24.6. The summed E-state index contributed by atoms with van der Waals surface area (Å²) >= 11 is 0. The molecule has 0 saturated carbocycles. The van der Waals surface area contributed by atoms with Crippen molar-refractivity contribution in [1.82, 2.24) is 0 Å². The molecule has 0 aliphatic heterocycles. The van der Waals surface area contributed by atoms with Crippen molar-refractivity contribution < 1.29 is 18.7 Å². The molecular weight excluding hydrogens is 311 g/mol. The molecule has 0 bridgehead atoms. The number of amides is 1. The molecule has 0 saturated heterocycles. The smallest absolute Gasteiger partial charge is 0.265 e. The van der Waals surface area contributed by atoms with Crippen molar-refractivity contribution >= 4 is 11.6 Å². The van der Waals surface area contributed by atoms with Gasteiger partial charge in [0.1, 0.15) is 5.82 Å². The van der Waals surface area contributed by atoms with Crippen LogP contribution in [0.15, 0.2) is 42.5 Å². The predicted octanol–water partition coefficient (Wildman–Crippen LogP) is 3.50. The molecule has 1 amide bonds. The van der Waals surface area contributed by atoms with Crippen molar-refractivity contribution in [3.63, 3.8) is 0 Å². The molecule has 0 aliphatic rings. The van der Waals surface area contributed by atoms with E-state index in [1.165, 1.54) is 18.2 Å². The second-order valence-electron chi connectivity index (χ2n) is 4.94. The van der Waals surface area contributed by atoms with Crippen LogP contribution in [0, 0.1) is 17.1 Å². The predicted molar refractivity (Wildman–Crippen MR) is 87.4 cm³/mol. The number of nitrogens with zero attached hydrogens (tertiary/aromatic N) is 1. The van der Waals surface area contributed by atoms with Crippen LogP contribution in [-0.4, -0.2) is 18.6 Å². The van der Waals surface area contributed by atoms with Crippen molar-refractivity contribution in [2.75, 3.05) is 11.9 Å². The average molecular weight is 328 g/mol. The Bertz CT molecular complexity index is 771. The molecule has 0 heterocycles. The van der Waals surface area contributed by atoms with Crippen LogP contribution in [0.4, 0.5) is 10.1 Å². The van der Waals surface area contributed by atoms with E-state index in [1.54, 1.807) is 38.1 Å². The number of anilines is 1. The van der Waals surface area contributed by atoms with Gasteiger partial charge in [0.05, 0.1) is 23.9 Å². The van der Waals surface area contributed by atoms with Crippen LogP contribution in [0.5, 0.6) is 11.5 Å². The van der Waals surface area contributed by atoms with Crippen molar-refractivity contribution in [1.29, 1.82) is 5.26 Å². The van der Waals surface area contributed by atoms with Crippen LogP contribution < -0.4 is 14.8 Å². The first kappa shape index (κ1) is 17.3. The molecule has 1 atom stereocenters. The van der Waals surface area contributed by atoms with Gasteiger partial charge in [-0.15, -0.1) is 0 Å². The van der Waals surface area contributed by atoms with Crippen LogP contribution >= 0.6 is 0 Å². The van der Waals surface area contributed by atoms with E-state index in [9.17, 15) is 9.18 Å². The van der Waals surface area contributed by atoms with Gasteiger partial charge >= 0.3 is 0 Å². The quantitative estimate of drug-likeness (QED) is 0.881. The lowest BCUT2D eigenvalue weighted by atomic mass is 10.2. The van der Waals surface area contributed by atoms with E-state index in [1.807, 2.05) is 6.07 Å². The Morgan fingerprint density at radius 1 is 1.29 bits per heavy atom. The number of hydrogen-bond acceptors (Lipinski definition) is 4. The number of halogens is 1. The minimum absolute atomic E-state index is 0.0859. The second kappa shape index (κ2) is 7.97. The normalized spacial score (nSPS) is 11.2. The summed E-state index contributed by atoms with van der Waals surface area (Å²) in [5.41, 5.74) is 0.511. The van der Waals surface area contributed by atoms with E-state index >= 15 is 0 Å². The van der Waals surface area contributed by atoms with E-state index in [0.717, 1.165) is 0 Å². The monoisotopic (exact) mass is 328 g/mol. The third-order valence-electron chi connectivity index (χ3n) is 3.18. The number of carbonyl (C=O) groups excluding carboxylic acids is 1. The molecule has 6 heteroatoms. The maximum atomic E-state index is 13.6. The third-order valence-corrected chi connectivity index (χ3v) is 3.18. The fourth-order valence-corrected chi connectivity index (χ4v) is 1.98. The standard InChI is InChI=1S/C18H17FN2O3/c1-3-23-17-10-13(11-20)8-9-16(17)24-12(2)18(22)21-15-7-5-4-6-14(15)19/h4-10,12H,3H2,1-2H3,(H,21,22)/t12-/m0/s1. The summed E-state index contributed by atoms with van der Waals surface area (Å²) in [7, 11) is 0. The molecule has 2 rings (SSSR count). The average Bonchev–Trinajstić information content (AvgIpc) is 2.58. The maximum Gasteiger partial charge on any atom is 0.265 e. The minimum Gasteiger partial charge on any atom is -0.490 e. The Kier molecular flexibility index (Phi) is 5.74. The fourth-order valence-electron chi connectivity index (χ4n) is 1.98. The molecule has 5 nitrogen and oxygen atoms in total. The van der Waals surface area contributed by atoms with E-state index in [-0.39, 0.29) is 5.69 Å². The van der Waals surface area contributed by atoms with Crippen LogP contribution in [0.1, 0.15) is 19.4 Å².